The van der Waals surface area contributed by atoms with Gasteiger partial charge in [0, 0.05) is 36.0 Å². The maximum atomic E-state index is 12.6. The third-order valence-electron chi connectivity index (χ3n) is 5.42. The van der Waals surface area contributed by atoms with Crippen molar-refractivity contribution >= 4 is 22.8 Å². The molecule has 0 bridgehead atoms. The average molecular weight is 407 g/mol. The van der Waals surface area contributed by atoms with E-state index in [2.05, 4.69) is 0 Å². The molecule has 1 saturated heterocycles. The zero-order chi connectivity index (χ0) is 21.3. The molecule has 0 aliphatic carbocycles. The molecule has 0 spiro atoms. The summed E-state index contributed by atoms with van der Waals surface area (Å²) in [5.74, 6) is -1.16. The number of esters is 1. The molecule has 7 nitrogen and oxygen atoms in total. The van der Waals surface area contributed by atoms with Crippen LogP contribution in [0, 0.1) is 5.92 Å². The van der Waals surface area contributed by atoms with Crippen LogP contribution in [0.2, 0.25) is 0 Å². The predicted molar refractivity (Wildman–Crippen MR) is 109 cm³/mol. The van der Waals surface area contributed by atoms with Crippen molar-refractivity contribution in [2.75, 3.05) is 6.54 Å². The molecule has 0 unspecified atom stereocenters. The second-order valence-electron chi connectivity index (χ2n) is 7.41. The summed E-state index contributed by atoms with van der Waals surface area (Å²) in [5.41, 5.74) is 1.10. The molecule has 1 aliphatic rings. The van der Waals surface area contributed by atoms with Gasteiger partial charge in [-0.15, -0.1) is 0 Å². The maximum absolute atomic E-state index is 12.6. The topological polar surface area (TPSA) is 97.1 Å². The Balaban J connectivity index is 1.45. The molecule has 30 heavy (non-hydrogen) atoms. The van der Waals surface area contributed by atoms with Crippen LogP contribution >= 0.6 is 0 Å². The number of rotatable bonds is 5. The molecule has 3 aromatic rings. The van der Waals surface area contributed by atoms with Crippen LogP contribution in [0.3, 0.4) is 0 Å². The van der Waals surface area contributed by atoms with Gasteiger partial charge in [-0.2, -0.15) is 0 Å². The molecule has 2 heterocycles. The van der Waals surface area contributed by atoms with E-state index in [1.54, 1.807) is 11.0 Å². The fourth-order valence-electron chi connectivity index (χ4n) is 3.78. The fourth-order valence-corrected chi connectivity index (χ4v) is 3.78. The lowest BCUT2D eigenvalue weighted by atomic mass is 10.1. The van der Waals surface area contributed by atoms with Gasteiger partial charge in [0.15, 0.2) is 0 Å². The molecule has 2 aromatic carbocycles. The van der Waals surface area contributed by atoms with E-state index in [1.807, 2.05) is 37.3 Å². The third-order valence-corrected chi connectivity index (χ3v) is 5.42. The van der Waals surface area contributed by atoms with Gasteiger partial charge in [-0.25, -0.2) is 4.79 Å². The number of hydrogen-bond acceptors (Lipinski definition) is 6. The van der Waals surface area contributed by atoms with Crippen molar-refractivity contribution in [1.82, 2.24) is 4.90 Å². The van der Waals surface area contributed by atoms with Crippen LogP contribution in [0.4, 0.5) is 0 Å². The molecule has 1 amide bonds. The van der Waals surface area contributed by atoms with Crippen molar-refractivity contribution < 1.29 is 23.8 Å². The van der Waals surface area contributed by atoms with Gasteiger partial charge in [0.25, 0.3) is 0 Å². The van der Waals surface area contributed by atoms with Crippen LogP contribution < -0.4 is 5.63 Å². The number of hydrogen-bond donors (Lipinski definition) is 1. The van der Waals surface area contributed by atoms with Crippen LogP contribution in [-0.2, 0) is 20.9 Å². The molecule has 1 aromatic heterocycles. The second-order valence-corrected chi connectivity index (χ2v) is 7.41. The van der Waals surface area contributed by atoms with E-state index in [-0.39, 0.29) is 36.3 Å². The van der Waals surface area contributed by atoms with E-state index in [0.717, 1.165) is 5.56 Å². The Bertz CT molecular complexity index is 1150. The molecule has 2 atom stereocenters. The monoisotopic (exact) mass is 407 g/mol. The highest BCUT2D eigenvalue weighted by Crippen LogP contribution is 2.29. The third kappa shape index (κ3) is 3.91. The number of amides is 1. The minimum absolute atomic E-state index is 0.0307. The summed E-state index contributed by atoms with van der Waals surface area (Å²) in [4.78, 5) is 38.5. The lowest BCUT2D eigenvalue weighted by Crippen LogP contribution is -2.29. The predicted octanol–water partition coefficient (Wildman–Crippen LogP) is 3.15. The van der Waals surface area contributed by atoms with Crippen LogP contribution in [0.1, 0.15) is 30.5 Å². The Labute approximate surface area is 172 Å². The molecule has 0 radical (unpaired) electrons. The fraction of sp³-hybridized carbons (Fsp3) is 0.261. The summed E-state index contributed by atoms with van der Waals surface area (Å²) >= 11 is 0. The number of carbonyl (C=O) groups is 2. The lowest BCUT2D eigenvalue weighted by molar-refractivity contribution is -0.149. The molecule has 154 valence electrons. The standard InChI is InChI=1S/C23H21NO6/c1-14(15-5-3-2-4-6-15)24-12-16(9-21(24)26)23(28)29-13-17-10-22(27)30-20-11-18(25)7-8-19(17)20/h2-8,10-11,14,16,25H,9,12-13H2,1H3/t14-,16+/m0/s1. The van der Waals surface area contributed by atoms with Crippen molar-refractivity contribution in [2.24, 2.45) is 5.92 Å². The molecule has 7 heteroatoms. The number of likely N-dealkylation sites (tertiary alicyclic amines) is 1. The van der Waals surface area contributed by atoms with E-state index in [4.69, 9.17) is 9.15 Å². The number of nitrogens with zero attached hydrogens (tertiary/aromatic N) is 1. The minimum atomic E-state index is -0.599. The first-order valence-corrected chi connectivity index (χ1v) is 9.69. The number of carbonyl (C=O) groups excluding carboxylic acids is 2. The smallest absolute Gasteiger partial charge is 0.336 e. The summed E-state index contributed by atoms with van der Waals surface area (Å²) in [5, 5.41) is 10.1. The quantitative estimate of drug-likeness (QED) is 0.516. The van der Waals surface area contributed by atoms with Gasteiger partial charge in [0.1, 0.15) is 17.9 Å². The van der Waals surface area contributed by atoms with E-state index in [0.29, 0.717) is 17.5 Å². The summed E-state index contributed by atoms with van der Waals surface area (Å²) in [7, 11) is 0. The van der Waals surface area contributed by atoms with Gasteiger partial charge in [-0.1, -0.05) is 30.3 Å². The molecule has 1 N–H and O–H groups in total. The first-order valence-electron chi connectivity index (χ1n) is 9.69. The van der Waals surface area contributed by atoms with Crippen molar-refractivity contribution in [3.63, 3.8) is 0 Å². The first kappa shape index (κ1) is 19.7. The zero-order valence-electron chi connectivity index (χ0n) is 16.4. The zero-order valence-corrected chi connectivity index (χ0v) is 16.4. The number of aromatic hydroxyl groups is 1. The Morgan fingerprint density at radius 2 is 1.97 bits per heavy atom. The number of benzene rings is 2. The molecular formula is C23H21NO6. The number of fused-ring (bicyclic) bond motifs is 1. The Morgan fingerprint density at radius 1 is 1.20 bits per heavy atom. The van der Waals surface area contributed by atoms with Crippen LogP contribution in [0.25, 0.3) is 11.0 Å². The minimum Gasteiger partial charge on any atom is -0.508 e. The molecule has 0 saturated carbocycles. The summed E-state index contributed by atoms with van der Waals surface area (Å²) < 4.78 is 10.5. The molecule has 1 fully saturated rings. The second kappa shape index (κ2) is 8.02. The normalized spacial score (nSPS) is 17.3. The van der Waals surface area contributed by atoms with Crippen molar-refractivity contribution in [3.05, 3.63) is 76.1 Å². The Morgan fingerprint density at radius 3 is 2.73 bits per heavy atom. The van der Waals surface area contributed by atoms with Crippen molar-refractivity contribution in [3.8, 4) is 5.75 Å². The van der Waals surface area contributed by atoms with Gasteiger partial charge >= 0.3 is 11.6 Å². The highest BCUT2D eigenvalue weighted by Gasteiger charge is 2.38. The highest BCUT2D eigenvalue weighted by molar-refractivity contribution is 5.87. The van der Waals surface area contributed by atoms with Crippen LogP contribution in [0.5, 0.6) is 5.75 Å². The first-order chi connectivity index (χ1) is 14.4. The maximum Gasteiger partial charge on any atom is 0.336 e. The number of ether oxygens (including phenoxy) is 1. The lowest BCUT2D eigenvalue weighted by Gasteiger charge is -2.25. The van der Waals surface area contributed by atoms with Crippen LogP contribution in [0.15, 0.2) is 63.8 Å². The summed E-state index contributed by atoms with van der Waals surface area (Å²) in [6.07, 6.45) is 0.0988. The Kier molecular flexibility index (Phi) is 5.27. The van der Waals surface area contributed by atoms with Gasteiger partial charge in [-0.05, 0) is 24.6 Å². The van der Waals surface area contributed by atoms with Crippen molar-refractivity contribution in [1.29, 1.82) is 0 Å². The number of phenolic OH excluding ortho intramolecular Hbond substituents is 1. The molecule has 1 aliphatic heterocycles. The molecular weight excluding hydrogens is 386 g/mol. The van der Waals surface area contributed by atoms with Crippen LogP contribution in [-0.4, -0.2) is 28.4 Å². The van der Waals surface area contributed by atoms with Crippen molar-refractivity contribution in [2.45, 2.75) is 26.0 Å². The average Bonchev–Trinajstić information content (AvgIpc) is 3.13. The summed E-state index contributed by atoms with van der Waals surface area (Å²) in [6, 6.07) is 15.2. The van der Waals surface area contributed by atoms with E-state index in [1.165, 1.54) is 18.2 Å². The Hall–Kier alpha value is -3.61. The SMILES string of the molecule is C[C@@H](c1ccccc1)N1C[C@H](C(=O)OCc2cc(=O)oc3cc(O)ccc23)CC1=O. The van der Waals surface area contributed by atoms with E-state index < -0.39 is 17.5 Å². The highest BCUT2D eigenvalue weighted by atomic mass is 16.5. The van der Waals surface area contributed by atoms with Gasteiger partial charge < -0.3 is 19.2 Å². The largest absolute Gasteiger partial charge is 0.508 e. The van der Waals surface area contributed by atoms with E-state index >= 15 is 0 Å². The molecule has 4 rings (SSSR count). The van der Waals surface area contributed by atoms with Gasteiger partial charge in [0.05, 0.1) is 12.0 Å². The number of phenols is 1. The summed E-state index contributed by atoms with van der Waals surface area (Å²) in [6.45, 7) is 2.11. The van der Waals surface area contributed by atoms with E-state index in [9.17, 15) is 19.5 Å². The van der Waals surface area contributed by atoms with Gasteiger partial charge in [0.2, 0.25) is 5.91 Å². The van der Waals surface area contributed by atoms with Gasteiger partial charge in [-0.3, -0.25) is 9.59 Å².